The first kappa shape index (κ1) is 13.5. The first-order valence-electron chi connectivity index (χ1n) is 3.83. The van der Waals surface area contributed by atoms with Gasteiger partial charge in [0.15, 0.2) is 12.0 Å². The lowest BCUT2D eigenvalue weighted by atomic mass is 10.2. The molecule has 0 radical (unpaired) electrons. The fraction of sp³-hybridized carbons (Fsp3) is 0.250. The molecule has 1 aromatic heterocycles. The van der Waals surface area contributed by atoms with E-state index in [2.05, 4.69) is 9.72 Å². The summed E-state index contributed by atoms with van der Waals surface area (Å²) in [6, 6.07) is 0. The van der Waals surface area contributed by atoms with Crippen molar-refractivity contribution < 1.29 is 22.7 Å². The standard InChI is InChI=1S/C8H4ClF3INO2/c9-1-5-4(3-15)7(13)6(2-14-5)16-8(10,11)12/h2-3H,1H2. The topological polar surface area (TPSA) is 39.2 Å². The van der Waals surface area contributed by atoms with Crippen LogP contribution < -0.4 is 4.74 Å². The number of hydrogen-bond donors (Lipinski definition) is 0. The largest absolute Gasteiger partial charge is 0.573 e. The monoisotopic (exact) mass is 365 g/mol. The second-order valence-electron chi connectivity index (χ2n) is 2.60. The molecule has 8 heteroatoms. The van der Waals surface area contributed by atoms with Crippen LogP contribution in [-0.4, -0.2) is 17.6 Å². The van der Waals surface area contributed by atoms with E-state index in [0.717, 1.165) is 6.20 Å². The van der Waals surface area contributed by atoms with E-state index < -0.39 is 12.1 Å². The highest BCUT2D eigenvalue weighted by atomic mass is 127. The minimum absolute atomic E-state index is 0.0114. The summed E-state index contributed by atoms with van der Waals surface area (Å²) >= 11 is 7.06. The Labute approximate surface area is 107 Å². The molecular formula is C8H4ClF3INO2. The summed E-state index contributed by atoms with van der Waals surface area (Å²) in [4.78, 5) is 14.3. The van der Waals surface area contributed by atoms with Gasteiger partial charge >= 0.3 is 6.36 Å². The predicted octanol–water partition coefficient (Wildman–Crippen LogP) is 3.14. The van der Waals surface area contributed by atoms with Crippen molar-refractivity contribution in [3.63, 3.8) is 0 Å². The van der Waals surface area contributed by atoms with E-state index in [9.17, 15) is 18.0 Å². The molecule has 1 rings (SSSR count). The van der Waals surface area contributed by atoms with E-state index >= 15 is 0 Å². The van der Waals surface area contributed by atoms with Gasteiger partial charge in [0.2, 0.25) is 0 Å². The highest BCUT2D eigenvalue weighted by Crippen LogP contribution is 2.30. The molecule has 0 atom stereocenters. The molecule has 0 saturated carbocycles. The summed E-state index contributed by atoms with van der Waals surface area (Å²) < 4.78 is 39.7. The summed E-state index contributed by atoms with van der Waals surface area (Å²) in [5.74, 6) is -0.569. The Morgan fingerprint density at radius 3 is 2.62 bits per heavy atom. The number of aldehydes is 1. The maximum Gasteiger partial charge on any atom is 0.573 e. The zero-order chi connectivity index (χ0) is 12.3. The Balaban J connectivity index is 3.19. The van der Waals surface area contributed by atoms with Gasteiger partial charge in [0.05, 0.1) is 26.9 Å². The van der Waals surface area contributed by atoms with Gasteiger partial charge in [0.1, 0.15) is 0 Å². The number of carbonyl (C=O) groups excluding carboxylic acids is 1. The van der Waals surface area contributed by atoms with Crippen molar-refractivity contribution in [1.82, 2.24) is 4.98 Å². The van der Waals surface area contributed by atoms with Crippen LogP contribution in [0.5, 0.6) is 5.75 Å². The third kappa shape index (κ3) is 3.21. The van der Waals surface area contributed by atoms with Gasteiger partial charge in [-0.25, -0.2) is 0 Å². The fourth-order valence-corrected chi connectivity index (χ4v) is 1.85. The SMILES string of the molecule is O=Cc1c(CCl)ncc(OC(F)(F)F)c1I. The molecule has 88 valence electrons. The number of carbonyl (C=O) groups is 1. The highest BCUT2D eigenvalue weighted by molar-refractivity contribution is 14.1. The van der Waals surface area contributed by atoms with Gasteiger partial charge in [-0.15, -0.1) is 24.8 Å². The van der Waals surface area contributed by atoms with Crippen LogP contribution in [0.1, 0.15) is 16.1 Å². The summed E-state index contributed by atoms with van der Waals surface area (Å²) in [6.07, 6.45) is -3.53. The lowest BCUT2D eigenvalue weighted by Gasteiger charge is -2.12. The molecule has 0 aliphatic rings. The summed E-state index contributed by atoms with van der Waals surface area (Å²) in [5, 5.41) is 0. The number of ether oxygens (including phenoxy) is 1. The highest BCUT2D eigenvalue weighted by Gasteiger charge is 2.32. The average molecular weight is 365 g/mol. The Morgan fingerprint density at radius 1 is 1.56 bits per heavy atom. The van der Waals surface area contributed by atoms with E-state index in [0.29, 0.717) is 6.29 Å². The van der Waals surface area contributed by atoms with Crippen molar-refractivity contribution in [2.75, 3.05) is 0 Å². The van der Waals surface area contributed by atoms with Gasteiger partial charge in [-0.3, -0.25) is 9.78 Å². The third-order valence-corrected chi connectivity index (χ3v) is 2.94. The van der Waals surface area contributed by atoms with Crippen molar-refractivity contribution in [1.29, 1.82) is 0 Å². The lowest BCUT2D eigenvalue weighted by Crippen LogP contribution is -2.18. The van der Waals surface area contributed by atoms with Crippen LogP contribution in [0.15, 0.2) is 6.20 Å². The van der Waals surface area contributed by atoms with Gasteiger partial charge in [-0.05, 0) is 22.6 Å². The van der Waals surface area contributed by atoms with Gasteiger partial charge in [-0.2, -0.15) is 0 Å². The normalized spacial score (nSPS) is 11.3. The minimum Gasteiger partial charge on any atom is -0.403 e. The number of hydrogen-bond acceptors (Lipinski definition) is 3. The number of pyridine rings is 1. The number of aromatic nitrogens is 1. The molecule has 1 heterocycles. The van der Waals surface area contributed by atoms with Gasteiger partial charge in [0, 0.05) is 0 Å². The molecule has 0 N–H and O–H groups in total. The summed E-state index contributed by atoms with van der Waals surface area (Å²) in [6.45, 7) is 0. The Bertz CT molecular complexity index is 411. The lowest BCUT2D eigenvalue weighted by molar-refractivity contribution is -0.275. The quantitative estimate of drug-likeness (QED) is 0.469. The van der Waals surface area contributed by atoms with Crippen LogP contribution in [0.25, 0.3) is 0 Å². The molecule has 0 saturated heterocycles. The van der Waals surface area contributed by atoms with Gasteiger partial charge < -0.3 is 4.74 Å². The van der Waals surface area contributed by atoms with Crippen LogP contribution in [0.3, 0.4) is 0 Å². The van der Waals surface area contributed by atoms with Crippen LogP contribution in [0, 0.1) is 3.57 Å². The first-order valence-corrected chi connectivity index (χ1v) is 5.44. The predicted molar refractivity (Wildman–Crippen MR) is 58.6 cm³/mol. The molecule has 0 aromatic carbocycles. The van der Waals surface area contributed by atoms with Crippen molar-refractivity contribution in [3.05, 3.63) is 21.0 Å². The molecule has 0 bridgehead atoms. The average Bonchev–Trinajstić information content (AvgIpc) is 2.19. The number of halogens is 5. The van der Waals surface area contributed by atoms with E-state index in [1.165, 1.54) is 0 Å². The molecule has 0 aliphatic heterocycles. The van der Waals surface area contributed by atoms with E-state index in [4.69, 9.17) is 11.6 Å². The van der Waals surface area contributed by atoms with Crippen LogP contribution in [0.2, 0.25) is 0 Å². The second kappa shape index (κ2) is 5.17. The van der Waals surface area contributed by atoms with E-state index in [-0.39, 0.29) is 20.7 Å². The van der Waals surface area contributed by atoms with Crippen molar-refractivity contribution in [3.8, 4) is 5.75 Å². The van der Waals surface area contributed by atoms with Crippen LogP contribution in [-0.2, 0) is 5.88 Å². The Morgan fingerprint density at radius 2 is 2.19 bits per heavy atom. The molecular weight excluding hydrogens is 361 g/mol. The van der Waals surface area contributed by atoms with Gasteiger partial charge in [0.25, 0.3) is 0 Å². The molecule has 0 spiro atoms. The molecule has 0 fully saturated rings. The molecule has 0 amide bonds. The van der Waals surface area contributed by atoms with E-state index in [1.54, 1.807) is 22.6 Å². The first-order chi connectivity index (χ1) is 7.39. The summed E-state index contributed by atoms with van der Waals surface area (Å²) in [7, 11) is 0. The number of rotatable bonds is 3. The Kier molecular flexibility index (Phi) is 4.36. The molecule has 1 aromatic rings. The van der Waals surface area contributed by atoms with Crippen LogP contribution in [0.4, 0.5) is 13.2 Å². The van der Waals surface area contributed by atoms with Crippen molar-refractivity contribution in [2.45, 2.75) is 12.2 Å². The maximum atomic E-state index is 12.0. The maximum absolute atomic E-state index is 12.0. The molecule has 0 unspecified atom stereocenters. The molecule has 16 heavy (non-hydrogen) atoms. The molecule has 3 nitrogen and oxygen atoms in total. The minimum atomic E-state index is -4.82. The fourth-order valence-electron chi connectivity index (χ4n) is 0.944. The zero-order valence-electron chi connectivity index (χ0n) is 7.52. The van der Waals surface area contributed by atoms with Crippen molar-refractivity contribution >= 4 is 40.5 Å². The summed E-state index contributed by atoms with van der Waals surface area (Å²) in [5.41, 5.74) is 0.230. The zero-order valence-corrected chi connectivity index (χ0v) is 10.4. The second-order valence-corrected chi connectivity index (χ2v) is 3.94. The number of nitrogens with zero attached hydrogens (tertiary/aromatic N) is 1. The molecule has 0 aliphatic carbocycles. The van der Waals surface area contributed by atoms with E-state index in [1.807, 2.05) is 0 Å². The van der Waals surface area contributed by atoms with Gasteiger partial charge in [-0.1, -0.05) is 0 Å². The van der Waals surface area contributed by atoms with Crippen LogP contribution >= 0.6 is 34.2 Å². The smallest absolute Gasteiger partial charge is 0.403 e. The Hall–Kier alpha value is -0.570. The number of alkyl halides is 4. The van der Waals surface area contributed by atoms with Crippen molar-refractivity contribution in [2.24, 2.45) is 0 Å². The third-order valence-electron chi connectivity index (χ3n) is 1.57.